The number of aliphatic imine (C=N–C) groups is 1. The van der Waals surface area contributed by atoms with Crippen LogP contribution in [0.1, 0.15) is 31.7 Å². The highest BCUT2D eigenvalue weighted by atomic mass is 19.4. The van der Waals surface area contributed by atoms with Crippen LogP contribution >= 0.6 is 0 Å². The highest BCUT2D eigenvalue weighted by molar-refractivity contribution is 5.81. The second-order valence-corrected chi connectivity index (χ2v) is 7.04. The van der Waals surface area contributed by atoms with Gasteiger partial charge in [-0.3, -0.25) is 9.89 Å². The highest BCUT2D eigenvalue weighted by Crippen LogP contribution is 2.40. The average molecular weight is 368 g/mol. The summed E-state index contributed by atoms with van der Waals surface area (Å²) in [5.74, 6) is 1.32. The molecule has 7 heteroatoms. The average Bonchev–Trinajstić information content (AvgIpc) is 3.40. The Kier molecular flexibility index (Phi) is 5.75. The van der Waals surface area contributed by atoms with E-state index in [1.54, 1.807) is 0 Å². The van der Waals surface area contributed by atoms with Gasteiger partial charge in [-0.2, -0.15) is 13.2 Å². The van der Waals surface area contributed by atoms with Crippen molar-refractivity contribution in [2.45, 2.75) is 44.4 Å². The first-order valence-corrected chi connectivity index (χ1v) is 9.31. The predicted octanol–water partition coefficient (Wildman–Crippen LogP) is 3.08. The quantitative estimate of drug-likeness (QED) is 0.655. The molecule has 0 bridgehead atoms. The third kappa shape index (κ3) is 4.50. The summed E-state index contributed by atoms with van der Waals surface area (Å²) >= 11 is 0. The van der Waals surface area contributed by atoms with Crippen molar-refractivity contribution >= 4 is 5.96 Å². The topological polar surface area (TPSA) is 30.9 Å². The lowest BCUT2D eigenvalue weighted by Crippen LogP contribution is -2.57. The van der Waals surface area contributed by atoms with Crippen molar-refractivity contribution in [2.24, 2.45) is 4.99 Å². The number of piperazine rings is 1. The molecule has 1 aliphatic heterocycles. The number of guanidine groups is 1. The van der Waals surface area contributed by atoms with Gasteiger partial charge >= 0.3 is 6.18 Å². The molecule has 0 aromatic heterocycles. The zero-order valence-electron chi connectivity index (χ0n) is 15.3. The van der Waals surface area contributed by atoms with Crippen molar-refractivity contribution in [2.75, 3.05) is 32.7 Å². The lowest BCUT2D eigenvalue weighted by atomic mass is 10.1. The van der Waals surface area contributed by atoms with Gasteiger partial charge < -0.3 is 10.2 Å². The van der Waals surface area contributed by atoms with Crippen molar-refractivity contribution in [3.63, 3.8) is 0 Å². The van der Waals surface area contributed by atoms with Crippen molar-refractivity contribution in [1.82, 2.24) is 15.1 Å². The Morgan fingerprint density at radius 2 is 1.85 bits per heavy atom. The summed E-state index contributed by atoms with van der Waals surface area (Å²) in [7, 11) is 0. The van der Waals surface area contributed by atoms with Gasteiger partial charge in [0.15, 0.2) is 5.96 Å². The molecule has 2 aliphatic rings. The van der Waals surface area contributed by atoms with Crippen molar-refractivity contribution in [3.05, 3.63) is 35.9 Å². The van der Waals surface area contributed by atoms with E-state index < -0.39 is 12.2 Å². The van der Waals surface area contributed by atoms with Gasteiger partial charge in [0, 0.05) is 44.7 Å². The van der Waals surface area contributed by atoms with Gasteiger partial charge in [0.25, 0.3) is 0 Å². The molecule has 3 atom stereocenters. The molecule has 0 spiro atoms. The van der Waals surface area contributed by atoms with Crippen molar-refractivity contribution in [1.29, 1.82) is 0 Å². The van der Waals surface area contributed by atoms with Crippen LogP contribution in [0, 0.1) is 0 Å². The number of hydrogen-bond donors (Lipinski definition) is 1. The second-order valence-electron chi connectivity index (χ2n) is 7.04. The Morgan fingerprint density at radius 3 is 2.42 bits per heavy atom. The van der Waals surface area contributed by atoms with E-state index in [9.17, 15) is 13.2 Å². The smallest absolute Gasteiger partial charge is 0.353 e. The SMILES string of the molecule is CCN=C(NC1CC1c1ccccc1)N1CCN(C(C)C(F)(F)F)CC1. The standard InChI is InChI=1S/C19H27F3N4/c1-3-23-18(24-17-13-16(17)15-7-5-4-6-8-15)26-11-9-25(10-12-26)14(2)19(20,21)22/h4-8,14,16-17H,3,9-13H2,1-2H3,(H,23,24). The first-order chi connectivity index (χ1) is 12.4. The molecule has 1 aliphatic carbocycles. The van der Waals surface area contributed by atoms with Crippen LogP contribution in [0.5, 0.6) is 0 Å². The molecule has 1 heterocycles. The molecule has 0 amide bonds. The lowest BCUT2D eigenvalue weighted by Gasteiger charge is -2.39. The summed E-state index contributed by atoms with van der Waals surface area (Å²) < 4.78 is 38.7. The van der Waals surface area contributed by atoms with E-state index in [1.165, 1.54) is 17.4 Å². The van der Waals surface area contributed by atoms with Crippen LogP contribution in [-0.4, -0.2) is 66.7 Å². The number of nitrogens with one attached hydrogen (secondary N) is 1. The molecule has 144 valence electrons. The summed E-state index contributed by atoms with van der Waals surface area (Å²) in [6.07, 6.45) is -3.10. The normalized spacial score (nSPS) is 25.9. The Labute approximate surface area is 153 Å². The summed E-state index contributed by atoms with van der Waals surface area (Å²) in [5.41, 5.74) is 1.32. The Hall–Kier alpha value is -1.76. The van der Waals surface area contributed by atoms with Gasteiger partial charge in [-0.15, -0.1) is 0 Å². The monoisotopic (exact) mass is 368 g/mol. The molecule has 3 unspecified atom stereocenters. The van der Waals surface area contributed by atoms with E-state index in [1.807, 2.05) is 25.1 Å². The molecule has 1 aromatic carbocycles. The Bertz CT molecular complexity index is 609. The Morgan fingerprint density at radius 1 is 1.19 bits per heavy atom. The van der Waals surface area contributed by atoms with E-state index in [2.05, 4.69) is 27.3 Å². The van der Waals surface area contributed by atoms with Crippen LogP contribution in [0.2, 0.25) is 0 Å². The maximum atomic E-state index is 12.9. The van der Waals surface area contributed by atoms with Gasteiger partial charge in [0.1, 0.15) is 6.04 Å². The molecular weight excluding hydrogens is 341 g/mol. The molecule has 4 nitrogen and oxygen atoms in total. The van der Waals surface area contributed by atoms with E-state index >= 15 is 0 Å². The van der Waals surface area contributed by atoms with Gasteiger partial charge in [-0.05, 0) is 25.8 Å². The summed E-state index contributed by atoms with van der Waals surface area (Å²) in [5, 5.41) is 3.52. The van der Waals surface area contributed by atoms with E-state index in [-0.39, 0.29) is 0 Å². The van der Waals surface area contributed by atoms with E-state index in [4.69, 9.17) is 0 Å². The van der Waals surface area contributed by atoms with Crippen LogP contribution in [0.25, 0.3) is 0 Å². The van der Waals surface area contributed by atoms with E-state index in [0.717, 1.165) is 12.4 Å². The highest BCUT2D eigenvalue weighted by Gasteiger charge is 2.42. The second kappa shape index (κ2) is 7.86. The van der Waals surface area contributed by atoms with E-state index in [0.29, 0.717) is 44.7 Å². The molecule has 1 saturated carbocycles. The zero-order chi connectivity index (χ0) is 18.7. The van der Waals surface area contributed by atoms with Crippen LogP contribution in [0.4, 0.5) is 13.2 Å². The third-order valence-corrected chi connectivity index (χ3v) is 5.28. The van der Waals surface area contributed by atoms with Crippen LogP contribution in [0.15, 0.2) is 35.3 Å². The molecule has 1 N–H and O–H groups in total. The van der Waals surface area contributed by atoms with Crippen molar-refractivity contribution < 1.29 is 13.2 Å². The summed E-state index contributed by atoms with van der Waals surface area (Å²) in [4.78, 5) is 8.16. The Balaban J connectivity index is 1.55. The lowest BCUT2D eigenvalue weighted by molar-refractivity contribution is -0.181. The summed E-state index contributed by atoms with van der Waals surface area (Å²) in [6, 6.07) is 9.35. The van der Waals surface area contributed by atoms with Crippen molar-refractivity contribution in [3.8, 4) is 0 Å². The minimum Gasteiger partial charge on any atom is -0.353 e. The summed E-state index contributed by atoms with van der Waals surface area (Å²) in [6.45, 7) is 5.80. The van der Waals surface area contributed by atoms with Crippen LogP contribution in [0.3, 0.4) is 0 Å². The van der Waals surface area contributed by atoms with Gasteiger partial charge in [-0.1, -0.05) is 30.3 Å². The fraction of sp³-hybridized carbons (Fsp3) is 0.632. The molecular formula is C19H27F3N4. The fourth-order valence-corrected chi connectivity index (χ4v) is 3.50. The minimum atomic E-state index is -4.17. The van der Waals surface area contributed by atoms with Crippen LogP contribution < -0.4 is 5.32 Å². The number of benzene rings is 1. The molecule has 26 heavy (non-hydrogen) atoms. The zero-order valence-corrected chi connectivity index (χ0v) is 15.3. The molecule has 3 rings (SSSR count). The number of hydrogen-bond acceptors (Lipinski definition) is 2. The minimum absolute atomic E-state index is 0.356. The first kappa shape index (κ1) is 19.0. The van der Waals surface area contributed by atoms with Gasteiger partial charge in [-0.25, -0.2) is 0 Å². The fourth-order valence-electron chi connectivity index (χ4n) is 3.50. The molecule has 2 fully saturated rings. The number of halogens is 3. The molecule has 1 aromatic rings. The maximum Gasteiger partial charge on any atom is 0.403 e. The molecule has 1 saturated heterocycles. The third-order valence-electron chi connectivity index (χ3n) is 5.28. The van der Waals surface area contributed by atoms with Gasteiger partial charge in [0.2, 0.25) is 0 Å². The first-order valence-electron chi connectivity index (χ1n) is 9.31. The number of nitrogens with zero attached hydrogens (tertiary/aromatic N) is 3. The van der Waals surface area contributed by atoms with Gasteiger partial charge in [0.05, 0.1) is 0 Å². The predicted molar refractivity (Wildman–Crippen MR) is 97.4 cm³/mol. The number of rotatable bonds is 4. The maximum absolute atomic E-state index is 12.9. The van der Waals surface area contributed by atoms with Crippen LogP contribution in [-0.2, 0) is 0 Å². The largest absolute Gasteiger partial charge is 0.403 e. The molecule has 0 radical (unpaired) electrons. The number of alkyl halides is 3.